The Hall–Kier alpha value is -5.24. The van der Waals surface area contributed by atoms with Gasteiger partial charge in [-0.3, -0.25) is 15.1 Å². The maximum Gasteiger partial charge on any atom is 0.412 e. The predicted octanol–water partition coefficient (Wildman–Crippen LogP) is 4.95. The van der Waals surface area contributed by atoms with Crippen LogP contribution in [0.25, 0.3) is 5.57 Å². The molecular formula is C27H24FN7O3. The van der Waals surface area contributed by atoms with Crippen molar-refractivity contribution in [2.45, 2.75) is 19.3 Å². The number of amides is 2. The minimum Gasteiger partial charge on any atom is -0.453 e. The van der Waals surface area contributed by atoms with E-state index in [2.05, 4.69) is 31.4 Å². The molecule has 0 aliphatic carbocycles. The molecule has 0 aliphatic heterocycles. The van der Waals surface area contributed by atoms with Crippen LogP contribution >= 0.6 is 0 Å². The van der Waals surface area contributed by atoms with Crippen molar-refractivity contribution in [3.05, 3.63) is 89.1 Å². The number of halogens is 1. The van der Waals surface area contributed by atoms with Gasteiger partial charge in [0.05, 0.1) is 30.0 Å². The summed E-state index contributed by atoms with van der Waals surface area (Å²) in [6.07, 6.45) is 4.39. The monoisotopic (exact) mass is 513 g/mol. The number of nitrogens with zero attached hydrogens (tertiary/aromatic N) is 3. The molecule has 2 amide bonds. The van der Waals surface area contributed by atoms with Crippen LogP contribution in [0.5, 0.6) is 0 Å². The van der Waals surface area contributed by atoms with Gasteiger partial charge in [-0.25, -0.2) is 14.2 Å². The fourth-order valence-corrected chi connectivity index (χ4v) is 3.26. The third-order valence-corrected chi connectivity index (χ3v) is 5.42. The summed E-state index contributed by atoms with van der Waals surface area (Å²) >= 11 is 0. The highest BCUT2D eigenvalue weighted by molar-refractivity contribution is 6.20. The summed E-state index contributed by atoms with van der Waals surface area (Å²) in [6, 6.07) is 12.0. The molecule has 0 bridgehead atoms. The number of allylic oxidation sites excluding steroid dienone is 2. The van der Waals surface area contributed by atoms with Crippen molar-refractivity contribution in [3.8, 4) is 6.07 Å². The SMILES string of the molecule is COC(=O)Nc1cc(/C(C=N)=C/C(=N)c2cc(NC(=O)c3ccnc(C(C)(C)C#N)c3)ccc2F)ccn1. The first kappa shape index (κ1) is 27.3. The smallest absolute Gasteiger partial charge is 0.412 e. The van der Waals surface area contributed by atoms with Crippen LogP contribution in [0.3, 0.4) is 0 Å². The van der Waals surface area contributed by atoms with Crippen LogP contribution in [0, 0.1) is 28.0 Å². The van der Waals surface area contributed by atoms with Crippen molar-refractivity contribution >= 4 is 41.0 Å². The average Bonchev–Trinajstić information content (AvgIpc) is 2.92. The number of methoxy groups -OCH3 is 1. The molecule has 1 aromatic carbocycles. The number of benzene rings is 1. The molecule has 192 valence electrons. The van der Waals surface area contributed by atoms with Gasteiger partial charge in [-0.05, 0) is 68.0 Å². The topological polar surface area (TPSA) is 165 Å². The Labute approximate surface area is 218 Å². The van der Waals surface area contributed by atoms with Crippen LogP contribution in [0.4, 0.5) is 20.7 Å². The van der Waals surface area contributed by atoms with E-state index in [1.54, 1.807) is 19.9 Å². The summed E-state index contributed by atoms with van der Waals surface area (Å²) in [7, 11) is 1.21. The van der Waals surface area contributed by atoms with Crippen molar-refractivity contribution in [1.29, 1.82) is 16.1 Å². The quantitative estimate of drug-likeness (QED) is 0.311. The van der Waals surface area contributed by atoms with E-state index in [0.717, 1.165) is 12.3 Å². The van der Waals surface area contributed by atoms with Crippen LogP contribution in [0.2, 0.25) is 0 Å². The summed E-state index contributed by atoms with van der Waals surface area (Å²) in [4.78, 5) is 32.4. The lowest BCUT2D eigenvalue weighted by molar-refractivity contribution is 0.102. The summed E-state index contributed by atoms with van der Waals surface area (Å²) in [5, 5.41) is 30.6. The van der Waals surface area contributed by atoms with Crippen LogP contribution in [-0.2, 0) is 10.2 Å². The molecule has 4 N–H and O–H groups in total. The van der Waals surface area contributed by atoms with Crippen molar-refractivity contribution < 1.29 is 18.7 Å². The third kappa shape index (κ3) is 6.50. The molecule has 3 rings (SSSR count). The Morgan fingerprint density at radius 3 is 2.47 bits per heavy atom. The molecular weight excluding hydrogens is 489 g/mol. The number of rotatable bonds is 8. The van der Waals surface area contributed by atoms with Gasteiger partial charge in [0.1, 0.15) is 11.6 Å². The number of aromatic nitrogens is 2. The molecule has 0 fully saturated rings. The molecule has 0 aliphatic rings. The number of anilines is 2. The van der Waals surface area contributed by atoms with Gasteiger partial charge in [-0.1, -0.05) is 0 Å². The average molecular weight is 514 g/mol. The van der Waals surface area contributed by atoms with E-state index < -0.39 is 23.2 Å². The summed E-state index contributed by atoms with van der Waals surface area (Å²) < 4.78 is 19.2. The van der Waals surface area contributed by atoms with Crippen molar-refractivity contribution in [1.82, 2.24) is 9.97 Å². The van der Waals surface area contributed by atoms with Crippen LogP contribution in [0.1, 0.15) is 41.0 Å². The molecule has 11 heteroatoms. The highest BCUT2D eigenvalue weighted by atomic mass is 19.1. The Morgan fingerprint density at radius 2 is 1.79 bits per heavy atom. The van der Waals surface area contributed by atoms with Gasteiger partial charge in [-0.15, -0.1) is 0 Å². The van der Waals surface area contributed by atoms with E-state index in [9.17, 15) is 19.2 Å². The summed E-state index contributed by atoms with van der Waals surface area (Å²) in [6.45, 7) is 3.38. The molecule has 10 nitrogen and oxygen atoms in total. The normalized spacial score (nSPS) is 11.2. The Balaban J connectivity index is 1.86. The largest absolute Gasteiger partial charge is 0.453 e. The first-order valence-electron chi connectivity index (χ1n) is 11.2. The molecule has 0 spiro atoms. The van der Waals surface area contributed by atoms with Gasteiger partial charge in [0.15, 0.2) is 0 Å². The lowest BCUT2D eigenvalue weighted by Gasteiger charge is -2.15. The Morgan fingerprint density at radius 1 is 1.08 bits per heavy atom. The molecule has 38 heavy (non-hydrogen) atoms. The third-order valence-electron chi connectivity index (χ3n) is 5.42. The molecule has 0 saturated heterocycles. The van der Waals surface area contributed by atoms with E-state index in [0.29, 0.717) is 11.3 Å². The van der Waals surface area contributed by atoms with Gasteiger partial charge >= 0.3 is 6.09 Å². The maximum atomic E-state index is 14.7. The zero-order valence-corrected chi connectivity index (χ0v) is 20.8. The highest BCUT2D eigenvalue weighted by Crippen LogP contribution is 2.23. The Bertz CT molecular complexity index is 1490. The van der Waals surface area contributed by atoms with Gasteiger partial charge in [0.25, 0.3) is 5.91 Å². The van der Waals surface area contributed by atoms with Crippen molar-refractivity contribution in [2.75, 3.05) is 17.7 Å². The molecule has 2 heterocycles. The highest BCUT2D eigenvalue weighted by Gasteiger charge is 2.22. The second-order valence-corrected chi connectivity index (χ2v) is 8.52. The number of carbonyl (C=O) groups is 2. The Kier molecular flexibility index (Phi) is 8.39. The van der Waals surface area contributed by atoms with Gasteiger partial charge < -0.3 is 20.9 Å². The zero-order chi connectivity index (χ0) is 27.9. The fraction of sp³-hybridized carbons (Fsp3) is 0.148. The van der Waals surface area contributed by atoms with E-state index in [4.69, 9.17) is 10.8 Å². The van der Waals surface area contributed by atoms with E-state index in [-0.39, 0.29) is 33.9 Å². The number of hydrogen-bond acceptors (Lipinski definition) is 8. The minimum absolute atomic E-state index is 0.106. The second kappa shape index (κ2) is 11.7. The van der Waals surface area contributed by atoms with E-state index >= 15 is 0 Å². The second-order valence-electron chi connectivity index (χ2n) is 8.52. The first-order valence-corrected chi connectivity index (χ1v) is 11.2. The summed E-state index contributed by atoms with van der Waals surface area (Å²) in [5.74, 6) is -1.02. The van der Waals surface area contributed by atoms with Gasteiger partial charge in [0.2, 0.25) is 0 Å². The molecule has 0 radical (unpaired) electrons. The van der Waals surface area contributed by atoms with Gasteiger partial charge in [-0.2, -0.15) is 5.26 Å². The number of pyridine rings is 2. The van der Waals surface area contributed by atoms with Crippen LogP contribution < -0.4 is 10.6 Å². The summed E-state index contributed by atoms with van der Waals surface area (Å²) in [5.41, 5.74) is 0.390. The number of nitrogens with one attached hydrogen (secondary N) is 4. The van der Waals surface area contributed by atoms with Crippen LogP contribution in [0.15, 0.2) is 60.9 Å². The number of carbonyl (C=O) groups excluding carboxylic acids is 2. The van der Waals surface area contributed by atoms with Crippen molar-refractivity contribution in [2.24, 2.45) is 0 Å². The lowest BCUT2D eigenvalue weighted by Crippen LogP contribution is -2.18. The maximum absolute atomic E-state index is 14.7. The minimum atomic E-state index is -0.891. The number of nitriles is 1. The molecule has 2 aromatic heterocycles. The molecule has 3 aromatic rings. The first-order chi connectivity index (χ1) is 18.1. The molecule has 0 unspecified atom stereocenters. The fourth-order valence-electron chi connectivity index (χ4n) is 3.26. The van der Waals surface area contributed by atoms with Gasteiger partial charge in [0, 0.05) is 41.0 Å². The number of ether oxygens (including phenoxy) is 1. The van der Waals surface area contributed by atoms with Crippen molar-refractivity contribution in [3.63, 3.8) is 0 Å². The predicted molar refractivity (Wildman–Crippen MR) is 141 cm³/mol. The molecule has 0 saturated carbocycles. The van der Waals surface area contributed by atoms with Crippen LogP contribution in [-0.4, -0.2) is 41.0 Å². The molecule has 0 atom stereocenters. The van der Waals surface area contributed by atoms with E-state index in [1.807, 2.05) is 0 Å². The standard InChI is InChI=1S/C27H24FN7O3/c1-27(2,15-30)23-11-17(7-8-32-23)25(36)34-19-4-5-21(28)20(13-19)22(31)10-18(14-29)16-6-9-33-24(12-16)35-26(37)38-3/h4-14,29,31H,1-3H3,(H,34,36)(H,33,35,37)/b18-10+,29-14?,31-22?. The number of hydrogen-bond donors (Lipinski definition) is 4. The zero-order valence-electron chi connectivity index (χ0n) is 20.8. The lowest BCUT2D eigenvalue weighted by atomic mass is 9.90. The van der Waals surface area contributed by atoms with E-state index in [1.165, 1.54) is 55.9 Å².